The van der Waals surface area contributed by atoms with Gasteiger partial charge in [0.2, 0.25) is 0 Å². The van der Waals surface area contributed by atoms with Gasteiger partial charge < -0.3 is 9.88 Å². The van der Waals surface area contributed by atoms with E-state index < -0.39 is 0 Å². The lowest BCUT2D eigenvalue weighted by atomic mass is 10.1. The molecule has 1 aliphatic rings. The highest BCUT2D eigenvalue weighted by Crippen LogP contribution is 2.20. The number of pyridine rings is 1. The minimum absolute atomic E-state index is 0.160. The molecule has 0 radical (unpaired) electrons. The zero-order valence-corrected chi connectivity index (χ0v) is 16.3. The molecule has 28 heavy (non-hydrogen) atoms. The van der Waals surface area contributed by atoms with Crippen LogP contribution in [0.1, 0.15) is 12.5 Å². The fourth-order valence-corrected chi connectivity index (χ4v) is 3.56. The Balaban J connectivity index is 1.53. The van der Waals surface area contributed by atoms with Gasteiger partial charge in [-0.2, -0.15) is 0 Å². The Kier molecular flexibility index (Phi) is 5.32. The number of hydrogen-bond donors (Lipinski definition) is 1. The minimum Gasteiger partial charge on any atom is -0.306 e. The van der Waals surface area contributed by atoms with Crippen molar-refractivity contribution in [3.63, 3.8) is 0 Å². The number of nitrogens with zero attached hydrogens (tertiary/aromatic N) is 4. The van der Waals surface area contributed by atoms with Crippen molar-refractivity contribution >= 4 is 0 Å². The van der Waals surface area contributed by atoms with Crippen LogP contribution in [0.15, 0.2) is 59.7 Å². The molecular formula is C22H25N5O. The van der Waals surface area contributed by atoms with Gasteiger partial charge in [-0.05, 0) is 31.7 Å². The van der Waals surface area contributed by atoms with Crippen LogP contribution >= 0.6 is 0 Å². The molecule has 1 aliphatic heterocycles. The van der Waals surface area contributed by atoms with Crippen molar-refractivity contribution < 1.29 is 0 Å². The van der Waals surface area contributed by atoms with Gasteiger partial charge in [0.05, 0.1) is 5.69 Å². The molecule has 0 amide bonds. The lowest BCUT2D eigenvalue weighted by Crippen LogP contribution is -2.49. The number of rotatable bonds is 4. The first-order valence-electron chi connectivity index (χ1n) is 9.62. The predicted octanol–water partition coefficient (Wildman–Crippen LogP) is 2.63. The van der Waals surface area contributed by atoms with Crippen molar-refractivity contribution in [1.82, 2.24) is 24.8 Å². The Morgan fingerprint density at radius 2 is 1.82 bits per heavy atom. The molecule has 1 atom stereocenters. The Hall–Kier alpha value is -2.83. The molecule has 3 aromatic rings. The van der Waals surface area contributed by atoms with E-state index in [0.29, 0.717) is 17.6 Å². The topological polar surface area (TPSA) is 65.1 Å². The van der Waals surface area contributed by atoms with Gasteiger partial charge >= 0.3 is 0 Å². The maximum atomic E-state index is 12.1. The van der Waals surface area contributed by atoms with Gasteiger partial charge in [-0.25, -0.2) is 4.98 Å². The summed E-state index contributed by atoms with van der Waals surface area (Å²) in [7, 11) is 2.19. The van der Waals surface area contributed by atoms with E-state index in [-0.39, 0.29) is 5.56 Å². The van der Waals surface area contributed by atoms with Crippen LogP contribution in [0.5, 0.6) is 0 Å². The number of piperazine rings is 1. The first kappa shape index (κ1) is 18.5. The number of benzene rings is 1. The molecule has 1 aromatic carbocycles. The fourth-order valence-electron chi connectivity index (χ4n) is 3.56. The van der Waals surface area contributed by atoms with E-state index in [2.05, 4.69) is 50.9 Å². The Labute approximate surface area is 164 Å². The van der Waals surface area contributed by atoms with Crippen LogP contribution in [0.2, 0.25) is 0 Å². The van der Waals surface area contributed by atoms with Gasteiger partial charge in [-0.1, -0.05) is 24.3 Å². The Bertz CT molecular complexity index is 984. The van der Waals surface area contributed by atoms with E-state index in [1.165, 1.54) is 11.6 Å². The van der Waals surface area contributed by atoms with Crippen molar-refractivity contribution in [3.05, 3.63) is 70.8 Å². The van der Waals surface area contributed by atoms with Crippen molar-refractivity contribution in [2.24, 2.45) is 0 Å². The minimum atomic E-state index is -0.160. The lowest BCUT2D eigenvalue weighted by Gasteiger charge is -2.37. The molecule has 1 N–H and O–H groups in total. The normalized spacial score (nSPS) is 18.3. The van der Waals surface area contributed by atoms with E-state index >= 15 is 0 Å². The molecule has 0 spiro atoms. The summed E-state index contributed by atoms with van der Waals surface area (Å²) < 4.78 is 0. The second kappa shape index (κ2) is 8.04. The van der Waals surface area contributed by atoms with Gasteiger partial charge in [0.25, 0.3) is 5.56 Å². The van der Waals surface area contributed by atoms with Gasteiger partial charge in [0.1, 0.15) is 5.82 Å². The van der Waals surface area contributed by atoms with Crippen molar-refractivity contribution in [2.75, 3.05) is 26.7 Å². The molecule has 1 saturated heterocycles. The number of likely N-dealkylation sites (N-methyl/N-ethyl adjacent to an activating group) is 1. The Morgan fingerprint density at radius 3 is 2.54 bits per heavy atom. The zero-order chi connectivity index (χ0) is 19.5. The van der Waals surface area contributed by atoms with Crippen LogP contribution in [-0.2, 0) is 6.54 Å². The van der Waals surface area contributed by atoms with Crippen LogP contribution in [0, 0.1) is 0 Å². The summed E-state index contributed by atoms with van der Waals surface area (Å²) >= 11 is 0. The summed E-state index contributed by atoms with van der Waals surface area (Å²) in [6, 6.07) is 14.1. The summed E-state index contributed by atoms with van der Waals surface area (Å²) in [5, 5.41) is 0. The second-order valence-electron chi connectivity index (χ2n) is 7.48. The molecule has 6 nitrogen and oxygen atoms in total. The van der Waals surface area contributed by atoms with Crippen molar-refractivity contribution in [1.29, 1.82) is 0 Å². The zero-order valence-electron chi connectivity index (χ0n) is 16.3. The average molecular weight is 375 g/mol. The maximum absolute atomic E-state index is 12.1. The number of nitrogens with one attached hydrogen (secondary N) is 1. The SMILES string of the molecule is CC1CN(Cc2ccc(-c3nc(-c4ccncc4)cc(=O)[nH]3)cc2)CCN1C. The van der Waals surface area contributed by atoms with Crippen LogP contribution in [0.3, 0.4) is 0 Å². The first-order chi connectivity index (χ1) is 13.6. The fraction of sp³-hybridized carbons (Fsp3) is 0.318. The molecule has 1 fully saturated rings. The molecule has 6 heteroatoms. The van der Waals surface area contributed by atoms with Crippen LogP contribution in [0.4, 0.5) is 0 Å². The molecule has 144 valence electrons. The van der Waals surface area contributed by atoms with Gasteiger partial charge in [0, 0.05) is 61.8 Å². The molecule has 4 rings (SSSR count). The number of H-pyrrole nitrogens is 1. The van der Waals surface area contributed by atoms with E-state index in [1.54, 1.807) is 12.4 Å². The number of aromatic amines is 1. The van der Waals surface area contributed by atoms with Crippen molar-refractivity contribution in [2.45, 2.75) is 19.5 Å². The molecule has 0 bridgehead atoms. The van der Waals surface area contributed by atoms with Crippen LogP contribution < -0.4 is 5.56 Å². The monoisotopic (exact) mass is 375 g/mol. The summed E-state index contributed by atoms with van der Waals surface area (Å²) in [4.78, 5) is 28.5. The van der Waals surface area contributed by atoms with Crippen LogP contribution in [-0.4, -0.2) is 57.5 Å². The summed E-state index contributed by atoms with van der Waals surface area (Å²) in [6.07, 6.45) is 3.40. The summed E-state index contributed by atoms with van der Waals surface area (Å²) in [5.74, 6) is 0.582. The largest absolute Gasteiger partial charge is 0.306 e. The highest BCUT2D eigenvalue weighted by molar-refractivity contribution is 5.63. The van der Waals surface area contributed by atoms with Gasteiger partial charge in [-0.3, -0.25) is 14.7 Å². The number of aromatic nitrogens is 3. The van der Waals surface area contributed by atoms with Gasteiger partial charge in [0.15, 0.2) is 0 Å². The third-order valence-electron chi connectivity index (χ3n) is 5.40. The summed E-state index contributed by atoms with van der Waals surface area (Å²) in [5.41, 5.74) is 3.55. The average Bonchev–Trinajstić information content (AvgIpc) is 2.71. The van der Waals surface area contributed by atoms with Crippen LogP contribution in [0.25, 0.3) is 22.6 Å². The highest BCUT2D eigenvalue weighted by atomic mass is 16.1. The molecule has 3 heterocycles. The Morgan fingerprint density at radius 1 is 1.07 bits per heavy atom. The summed E-state index contributed by atoms with van der Waals surface area (Å²) in [6.45, 7) is 6.49. The molecule has 1 unspecified atom stereocenters. The molecule has 0 saturated carbocycles. The van der Waals surface area contributed by atoms with E-state index in [9.17, 15) is 4.79 Å². The molecule has 0 aliphatic carbocycles. The third-order valence-corrected chi connectivity index (χ3v) is 5.40. The number of hydrogen-bond acceptors (Lipinski definition) is 5. The predicted molar refractivity (Wildman–Crippen MR) is 111 cm³/mol. The smallest absolute Gasteiger partial charge is 0.251 e. The quantitative estimate of drug-likeness (QED) is 0.759. The molecular weight excluding hydrogens is 350 g/mol. The third kappa shape index (κ3) is 4.18. The standard InChI is InChI=1S/C22H25N5O/c1-16-14-27(12-11-26(16)2)15-17-3-5-19(6-4-17)22-24-20(13-21(28)25-22)18-7-9-23-10-8-18/h3-10,13,16H,11-12,14-15H2,1-2H3,(H,24,25,28). The highest BCUT2D eigenvalue weighted by Gasteiger charge is 2.20. The van der Waals surface area contributed by atoms with E-state index in [1.807, 2.05) is 24.3 Å². The maximum Gasteiger partial charge on any atom is 0.251 e. The van der Waals surface area contributed by atoms with Crippen molar-refractivity contribution in [3.8, 4) is 22.6 Å². The first-order valence-corrected chi connectivity index (χ1v) is 9.62. The van der Waals surface area contributed by atoms with Gasteiger partial charge in [-0.15, -0.1) is 0 Å². The lowest BCUT2D eigenvalue weighted by molar-refractivity contribution is 0.1000. The van der Waals surface area contributed by atoms with E-state index in [0.717, 1.165) is 37.3 Å². The second-order valence-corrected chi connectivity index (χ2v) is 7.48. The van der Waals surface area contributed by atoms with E-state index in [4.69, 9.17) is 0 Å². The molecule has 2 aromatic heterocycles.